The van der Waals surface area contributed by atoms with Crippen molar-refractivity contribution in [3.05, 3.63) is 0 Å². The van der Waals surface area contributed by atoms with Gasteiger partial charge in [-0.25, -0.2) is 0 Å². The zero-order valence-corrected chi connectivity index (χ0v) is 8.73. The Morgan fingerprint density at radius 3 is 2.77 bits per heavy atom. The Hall–Kier alpha value is -0.0800. The van der Waals surface area contributed by atoms with Crippen molar-refractivity contribution in [2.75, 3.05) is 13.7 Å². The minimum atomic E-state index is 0.561. The van der Waals surface area contributed by atoms with Gasteiger partial charge in [-0.1, -0.05) is 0 Å². The van der Waals surface area contributed by atoms with Gasteiger partial charge in [0.2, 0.25) is 0 Å². The molecule has 1 unspecified atom stereocenters. The van der Waals surface area contributed by atoms with Crippen molar-refractivity contribution in [3.8, 4) is 0 Å². The molecule has 0 aromatic heterocycles. The van der Waals surface area contributed by atoms with Crippen LogP contribution in [0.3, 0.4) is 0 Å². The fourth-order valence-corrected chi connectivity index (χ4v) is 3.90. The molecule has 0 aromatic rings. The molecule has 0 spiro atoms. The molecular weight excluding hydrogens is 162 g/mol. The zero-order chi connectivity index (χ0) is 9.16. The Morgan fingerprint density at radius 2 is 2.15 bits per heavy atom. The first-order chi connectivity index (χ1) is 6.24. The number of hydrogen-bond acceptors (Lipinski definition) is 2. The first-order valence-electron chi connectivity index (χ1n) is 5.52. The quantitative estimate of drug-likeness (QED) is 0.638. The van der Waals surface area contributed by atoms with Crippen molar-refractivity contribution in [2.24, 2.45) is 17.8 Å². The van der Waals surface area contributed by atoms with Crippen molar-refractivity contribution >= 4 is 0 Å². The highest BCUT2D eigenvalue weighted by Gasteiger charge is 2.67. The fourth-order valence-electron chi connectivity index (χ4n) is 3.90. The molecule has 3 aliphatic rings. The van der Waals surface area contributed by atoms with E-state index in [-0.39, 0.29) is 0 Å². The first-order valence-corrected chi connectivity index (χ1v) is 5.52. The van der Waals surface area contributed by atoms with Gasteiger partial charge in [0.05, 0.1) is 6.10 Å². The highest BCUT2D eigenvalue weighted by atomic mass is 16.5. The van der Waals surface area contributed by atoms with E-state index in [1.165, 1.54) is 13.0 Å². The molecule has 2 heteroatoms. The van der Waals surface area contributed by atoms with Gasteiger partial charge in [-0.15, -0.1) is 0 Å². The van der Waals surface area contributed by atoms with Gasteiger partial charge in [0.15, 0.2) is 0 Å². The topological polar surface area (TPSA) is 12.5 Å². The third-order valence-electron chi connectivity index (χ3n) is 4.53. The van der Waals surface area contributed by atoms with Crippen LogP contribution in [-0.2, 0) is 4.74 Å². The Labute approximate surface area is 80.2 Å². The molecule has 0 N–H and O–H groups in total. The molecule has 0 amide bonds. The van der Waals surface area contributed by atoms with Crippen molar-refractivity contribution in [1.29, 1.82) is 0 Å². The van der Waals surface area contributed by atoms with Crippen LogP contribution >= 0.6 is 0 Å². The molecule has 0 bridgehead atoms. The fraction of sp³-hybridized carbons (Fsp3) is 1.00. The van der Waals surface area contributed by atoms with E-state index in [2.05, 4.69) is 18.7 Å². The van der Waals surface area contributed by atoms with E-state index in [9.17, 15) is 0 Å². The van der Waals surface area contributed by atoms with E-state index in [4.69, 9.17) is 4.74 Å². The summed E-state index contributed by atoms with van der Waals surface area (Å²) in [6.45, 7) is 5.96. The third kappa shape index (κ3) is 0.816. The summed E-state index contributed by atoms with van der Waals surface area (Å²) in [4.78, 5) is 2.66. The summed E-state index contributed by atoms with van der Waals surface area (Å²) >= 11 is 0. The van der Waals surface area contributed by atoms with Crippen LogP contribution in [0.5, 0.6) is 0 Å². The monoisotopic (exact) mass is 181 g/mol. The Balaban J connectivity index is 1.81. The zero-order valence-electron chi connectivity index (χ0n) is 8.73. The lowest BCUT2D eigenvalue weighted by atomic mass is 9.51. The molecule has 3 rings (SSSR count). The number of rotatable bonds is 2. The molecule has 2 aliphatic carbocycles. The summed E-state index contributed by atoms with van der Waals surface area (Å²) in [5, 5.41) is 0. The number of methoxy groups -OCH3 is 1. The second-order valence-electron chi connectivity index (χ2n) is 5.22. The second-order valence-corrected chi connectivity index (χ2v) is 5.22. The highest BCUT2D eigenvalue weighted by molar-refractivity contribution is 5.18. The van der Waals surface area contributed by atoms with Crippen molar-refractivity contribution in [3.63, 3.8) is 0 Å². The molecule has 1 heterocycles. The van der Waals surface area contributed by atoms with Crippen LogP contribution in [0.25, 0.3) is 0 Å². The molecule has 0 radical (unpaired) electrons. The van der Waals surface area contributed by atoms with Crippen molar-refractivity contribution < 1.29 is 4.74 Å². The van der Waals surface area contributed by atoms with Gasteiger partial charge in [-0.2, -0.15) is 0 Å². The van der Waals surface area contributed by atoms with Crippen LogP contribution in [-0.4, -0.2) is 36.7 Å². The lowest BCUT2D eigenvalue weighted by molar-refractivity contribution is -0.168. The largest absolute Gasteiger partial charge is 0.380 e. The van der Waals surface area contributed by atoms with Gasteiger partial charge >= 0.3 is 0 Å². The van der Waals surface area contributed by atoms with Gasteiger partial charge in [0.25, 0.3) is 0 Å². The molecule has 1 saturated heterocycles. The predicted octanol–water partition coefficient (Wildman–Crippen LogP) is 1.36. The molecule has 0 aromatic carbocycles. The summed E-state index contributed by atoms with van der Waals surface area (Å²) in [7, 11) is 1.88. The average molecular weight is 181 g/mol. The van der Waals surface area contributed by atoms with Crippen LogP contribution in [0.15, 0.2) is 0 Å². The summed E-state index contributed by atoms with van der Waals surface area (Å²) in [6.07, 6.45) is 1.99. The lowest BCUT2D eigenvalue weighted by Gasteiger charge is -2.58. The van der Waals surface area contributed by atoms with Crippen LogP contribution in [0.2, 0.25) is 0 Å². The van der Waals surface area contributed by atoms with Gasteiger partial charge < -0.3 is 4.74 Å². The van der Waals surface area contributed by atoms with Crippen molar-refractivity contribution in [1.82, 2.24) is 4.90 Å². The van der Waals surface area contributed by atoms with Crippen molar-refractivity contribution in [2.45, 2.75) is 38.5 Å². The maximum absolute atomic E-state index is 5.59. The minimum absolute atomic E-state index is 0.561. The smallest absolute Gasteiger partial charge is 0.0761 e. The van der Waals surface area contributed by atoms with E-state index in [1.54, 1.807) is 0 Å². The molecule has 2 saturated carbocycles. The molecule has 2 nitrogen and oxygen atoms in total. The lowest BCUT2D eigenvalue weighted by Crippen LogP contribution is -2.65. The van der Waals surface area contributed by atoms with Crippen LogP contribution in [0.1, 0.15) is 20.3 Å². The maximum atomic E-state index is 5.59. The molecule has 3 fully saturated rings. The molecule has 5 atom stereocenters. The average Bonchev–Trinajstić information content (AvgIpc) is 2.23. The SMILES string of the molecule is CO[C@H]1C2C[C@@H]3CN(C(C)C)[C@H]1[C@H]23. The Kier molecular flexibility index (Phi) is 1.58. The van der Waals surface area contributed by atoms with E-state index in [0.717, 1.165) is 23.8 Å². The predicted molar refractivity (Wildman–Crippen MR) is 51.5 cm³/mol. The van der Waals surface area contributed by atoms with E-state index in [0.29, 0.717) is 12.1 Å². The molecule has 13 heavy (non-hydrogen) atoms. The standard InChI is InChI=1S/C11H19NO/c1-6(2)12-5-7-4-8-9(7)10(12)11(8)13-3/h6-11H,4-5H2,1-3H3/t7-,8?,9+,10+,11+/m1/s1. The summed E-state index contributed by atoms with van der Waals surface area (Å²) in [5.41, 5.74) is 0. The van der Waals surface area contributed by atoms with E-state index < -0.39 is 0 Å². The minimum Gasteiger partial charge on any atom is -0.380 e. The van der Waals surface area contributed by atoms with Gasteiger partial charge in [-0.3, -0.25) is 4.90 Å². The third-order valence-corrected chi connectivity index (χ3v) is 4.53. The van der Waals surface area contributed by atoms with Crippen LogP contribution in [0.4, 0.5) is 0 Å². The number of likely N-dealkylation sites (tertiary alicyclic amines) is 1. The summed E-state index contributed by atoms with van der Waals surface area (Å²) < 4.78 is 5.59. The number of nitrogens with zero attached hydrogens (tertiary/aromatic N) is 1. The van der Waals surface area contributed by atoms with E-state index >= 15 is 0 Å². The van der Waals surface area contributed by atoms with Crippen LogP contribution in [0, 0.1) is 17.8 Å². The maximum Gasteiger partial charge on any atom is 0.0761 e. The Morgan fingerprint density at radius 1 is 1.38 bits per heavy atom. The summed E-state index contributed by atoms with van der Waals surface area (Å²) in [6, 6.07) is 1.47. The Bertz CT molecular complexity index is 228. The number of ether oxygens (including phenoxy) is 1. The highest BCUT2D eigenvalue weighted by Crippen LogP contribution is 2.61. The normalized spacial score (nSPS) is 53.1. The van der Waals surface area contributed by atoms with E-state index in [1.807, 2.05) is 7.11 Å². The second kappa shape index (κ2) is 2.48. The molecular formula is C11H19NO. The summed E-state index contributed by atoms with van der Waals surface area (Å²) in [5.74, 6) is 2.94. The molecule has 74 valence electrons. The molecule has 1 aliphatic heterocycles. The van der Waals surface area contributed by atoms with Gasteiger partial charge in [-0.05, 0) is 38.0 Å². The van der Waals surface area contributed by atoms with Gasteiger partial charge in [0, 0.05) is 25.7 Å². The van der Waals surface area contributed by atoms with Gasteiger partial charge in [0.1, 0.15) is 0 Å². The number of hydrogen-bond donors (Lipinski definition) is 0. The van der Waals surface area contributed by atoms with Crippen LogP contribution < -0.4 is 0 Å². The first kappa shape index (κ1) is 8.25.